The van der Waals surface area contributed by atoms with Crippen LogP contribution in [0.2, 0.25) is 15.3 Å². The van der Waals surface area contributed by atoms with Crippen molar-refractivity contribution < 1.29 is 0 Å². The molecule has 0 saturated heterocycles. The summed E-state index contributed by atoms with van der Waals surface area (Å²) in [4.78, 5) is 2.18. The fourth-order valence-electron chi connectivity index (χ4n) is 1.35. The first-order chi connectivity index (χ1) is 11.1. The lowest BCUT2D eigenvalue weighted by atomic mass is 10.3. The Labute approximate surface area is 164 Å². The summed E-state index contributed by atoms with van der Waals surface area (Å²) in [7, 11) is 1.84. The highest BCUT2D eigenvalue weighted by Crippen LogP contribution is 2.26. The van der Waals surface area contributed by atoms with Crippen LogP contribution in [0.3, 0.4) is 0 Å². The summed E-state index contributed by atoms with van der Waals surface area (Å²) in [5.74, 6) is 0. The standard InChI is InChI=1S/C6H9ClN2.C4H3Cl2NS.C4H6N2S/c1-4-5(2)8-9(3)6(4)7;1-2-3(5)4(6)7-8-2;1-3-4(2)7-6-5-3/h1-3H3;1H3;1-2H3. The Hall–Kier alpha value is -0.730. The Bertz CT molecular complexity index is 736. The Balaban J connectivity index is 0.000000181. The van der Waals surface area contributed by atoms with E-state index in [1.54, 1.807) is 4.68 Å². The first-order valence-electron chi connectivity index (χ1n) is 6.83. The van der Waals surface area contributed by atoms with Gasteiger partial charge < -0.3 is 0 Å². The van der Waals surface area contributed by atoms with E-state index in [9.17, 15) is 0 Å². The fraction of sp³-hybridized carbons (Fsp3) is 0.429. The van der Waals surface area contributed by atoms with Crippen molar-refractivity contribution in [1.82, 2.24) is 23.7 Å². The summed E-state index contributed by atoms with van der Waals surface area (Å²) in [6.07, 6.45) is 0. The average molecular weight is 427 g/mol. The van der Waals surface area contributed by atoms with E-state index in [1.807, 2.05) is 41.7 Å². The molecule has 0 fully saturated rings. The minimum absolute atomic E-state index is 0.411. The Morgan fingerprint density at radius 3 is 1.62 bits per heavy atom. The van der Waals surface area contributed by atoms with E-state index in [4.69, 9.17) is 34.8 Å². The van der Waals surface area contributed by atoms with E-state index < -0.39 is 0 Å². The number of hydrogen-bond acceptors (Lipinski definition) is 6. The molecule has 3 rings (SSSR count). The van der Waals surface area contributed by atoms with Crippen LogP contribution >= 0.6 is 57.9 Å². The van der Waals surface area contributed by atoms with Crippen molar-refractivity contribution in [2.75, 3.05) is 0 Å². The minimum Gasteiger partial charge on any atom is -0.257 e. The molecule has 3 aromatic rings. The molecule has 3 aromatic heterocycles. The van der Waals surface area contributed by atoms with Crippen LogP contribution in [-0.4, -0.2) is 23.7 Å². The van der Waals surface area contributed by atoms with Gasteiger partial charge in [-0.3, -0.25) is 4.68 Å². The van der Waals surface area contributed by atoms with Crippen LogP contribution in [0.5, 0.6) is 0 Å². The molecule has 0 aliphatic rings. The smallest absolute Gasteiger partial charge is 0.161 e. The minimum atomic E-state index is 0.411. The van der Waals surface area contributed by atoms with Gasteiger partial charge in [-0.05, 0) is 57.7 Å². The topological polar surface area (TPSA) is 56.5 Å². The predicted octanol–water partition coefficient (Wildman–Crippen LogP) is 5.60. The van der Waals surface area contributed by atoms with Gasteiger partial charge in [-0.1, -0.05) is 39.3 Å². The number of halogens is 3. The Kier molecular flexibility index (Phi) is 8.59. The molecule has 3 heterocycles. The van der Waals surface area contributed by atoms with Crippen LogP contribution in [0.4, 0.5) is 0 Å². The average Bonchev–Trinajstić information content (AvgIpc) is 3.13. The molecule has 0 aliphatic carbocycles. The molecule has 0 spiro atoms. The fourth-order valence-corrected chi connectivity index (χ4v) is 2.96. The second kappa shape index (κ2) is 9.68. The molecule has 5 nitrogen and oxygen atoms in total. The largest absolute Gasteiger partial charge is 0.257 e. The van der Waals surface area contributed by atoms with Gasteiger partial charge in [0.15, 0.2) is 5.15 Å². The normalized spacial score (nSPS) is 9.88. The second-order valence-corrected chi connectivity index (χ2v) is 7.91. The molecule has 0 aromatic carbocycles. The van der Waals surface area contributed by atoms with E-state index >= 15 is 0 Å². The lowest BCUT2D eigenvalue weighted by Gasteiger charge is -1.87. The first-order valence-corrected chi connectivity index (χ1v) is 9.51. The van der Waals surface area contributed by atoms with E-state index in [0.717, 1.165) is 27.0 Å². The van der Waals surface area contributed by atoms with Gasteiger partial charge in [0, 0.05) is 22.4 Å². The molecule has 132 valence electrons. The SMILES string of the molecule is Cc1nn(C)c(Cl)c1C.Cc1nnsc1C.Cc1snc(Cl)c1Cl. The zero-order valence-electron chi connectivity index (χ0n) is 14.2. The van der Waals surface area contributed by atoms with Crippen LogP contribution in [0, 0.1) is 34.6 Å². The van der Waals surface area contributed by atoms with Crippen molar-refractivity contribution >= 4 is 57.9 Å². The van der Waals surface area contributed by atoms with E-state index in [1.165, 1.54) is 27.9 Å². The highest BCUT2D eigenvalue weighted by atomic mass is 35.5. The Morgan fingerprint density at radius 1 is 0.875 bits per heavy atom. The third-order valence-corrected chi connectivity index (χ3v) is 6.12. The molecular formula is C14H18Cl3N5S2. The molecule has 0 N–H and O–H groups in total. The summed E-state index contributed by atoms with van der Waals surface area (Å²) in [6.45, 7) is 9.76. The molecule has 0 bridgehead atoms. The van der Waals surface area contributed by atoms with Gasteiger partial charge in [0.1, 0.15) is 5.15 Å². The number of nitrogens with zero attached hydrogens (tertiary/aromatic N) is 5. The summed E-state index contributed by atoms with van der Waals surface area (Å²) < 4.78 is 9.18. The lowest BCUT2D eigenvalue weighted by Crippen LogP contribution is -1.88. The van der Waals surface area contributed by atoms with Gasteiger partial charge in [-0.15, -0.1) is 5.10 Å². The molecule has 0 saturated carbocycles. The number of hydrogen-bond donors (Lipinski definition) is 0. The molecule has 0 atom stereocenters. The zero-order valence-corrected chi connectivity index (χ0v) is 18.1. The van der Waals surface area contributed by atoms with E-state index in [-0.39, 0.29) is 0 Å². The van der Waals surface area contributed by atoms with Gasteiger partial charge >= 0.3 is 0 Å². The molecule has 0 unspecified atom stereocenters. The predicted molar refractivity (Wildman–Crippen MR) is 104 cm³/mol. The number of rotatable bonds is 0. The first kappa shape index (κ1) is 21.3. The summed E-state index contributed by atoms with van der Waals surface area (Å²) in [5, 5.41) is 9.60. The second-order valence-electron chi connectivity index (χ2n) is 4.88. The van der Waals surface area contributed by atoms with Crippen LogP contribution in [0.25, 0.3) is 0 Å². The monoisotopic (exact) mass is 425 g/mol. The number of aryl methyl sites for hydroxylation is 5. The third kappa shape index (κ3) is 5.97. The maximum Gasteiger partial charge on any atom is 0.161 e. The van der Waals surface area contributed by atoms with Crippen molar-refractivity contribution in [1.29, 1.82) is 0 Å². The van der Waals surface area contributed by atoms with Gasteiger partial charge in [0.25, 0.3) is 0 Å². The lowest BCUT2D eigenvalue weighted by molar-refractivity contribution is 0.757. The highest BCUT2D eigenvalue weighted by molar-refractivity contribution is 7.06. The quantitative estimate of drug-likeness (QED) is 0.469. The molecule has 0 aliphatic heterocycles. The Morgan fingerprint density at radius 2 is 1.50 bits per heavy atom. The van der Waals surface area contributed by atoms with Crippen LogP contribution in [0.1, 0.15) is 26.7 Å². The van der Waals surface area contributed by atoms with Gasteiger partial charge in [0.2, 0.25) is 0 Å². The van der Waals surface area contributed by atoms with Crippen molar-refractivity contribution in [3.05, 3.63) is 42.0 Å². The summed E-state index contributed by atoms with van der Waals surface area (Å²) >= 11 is 19.7. The maximum atomic E-state index is 5.80. The van der Waals surface area contributed by atoms with Crippen molar-refractivity contribution in [2.24, 2.45) is 7.05 Å². The van der Waals surface area contributed by atoms with E-state index in [2.05, 4.69) is 19.1 Å². The van der Waals surface area contributed by atoms with Gasteiger partial charge in [-0.25, -0.2) is 0 Å². The van der Waals surface area contributed by atoms with Crippen molar-refractivity contribution in [2.45, 2.75) is 34.6 Å². The highest BCUT2D eigenvalue weighted by Gasteiger charge is 2.04. The molecular weight excluding hydrogens is 409 g/mol. The third-order valence-electron chi connectivity index (χ3n) is 3.07. The number of aromatic nitrogens is 5. The van der Waals surface area contributed by atoms with Gasteiger partial charge in [0.05, 0.1) is 16.4 Å². The molecule has 0 radical (unpaired) electrons. The maximum absolute atomic E-state index is 5.80. The van der Waals surface area contributed by atoms with Crippen molar-refractivity contribution in [3.63, 3.8) is 0 Å². The summed E-state index contributed by atoms with van der Waals surface area (Å²) in [5.41, 5.74) is 3.12. The molecule has 24 heavy (non-hydrogen) atoms. The zero-order chi connectivity index (χ0) is 18.4. The molecule has 10 heteroatoms. The van der Waals surface area contributed by atoms with Crippen LogP contribution in [-0.2, 0) is 7.05 Å². The van der Waals surface area contributed by atoms with Crippen molar-refractivity contribution in [3.8, 4) is 0 Å². The summed E-state index contributed by atoms with van der Waals surface area (Å²) in [6, 6.07) is 0. The van der Waals surface area contributed by atoms with Crippen LogP contribution in [0.15, 0.2) is 0 Å². The molecule has 0 amide bonds. The van der Waals surface area contributed by atoms with Gasteiger partial charge in [-0.2, -0.15) is 9.47 Å². The van der Waals surface area contributed by atoms with Crippen LogP contribution < -0.4 is 0 Å². The van der Waals surface area contributed by atoms with E-state index in [0.29, 0.717) is 10.2 Å².